The molecule has 0 aliphatic carbocycles. The number of para-hydroxylation sites is 2. The van der Waals surface area contributed by atoms with Crippen LogP contribution in [0.2, 0.25) is 0 Å². The fraction of sp³-hybridized carbons (Fsp3) is 0.389. The summed E-state index contributed by atoms with van der Waals surface area (Å²) in [6.45, 7) is 6.17. The van der Waals surface area contributed by atoms with E-state index in [-0.39, 0.29) is 6.10 Å². The maximum absolute atomic E-state index is 5.88. The minimum atomic E-state index is 0.160. The first-order valence-electron chi connectivity index (χ1n) is 8.31. The van der Waals surface area contributed by atoms with E-state index >= 15 is 0 Å². The number of fused-ring (bicyclic) bond motifs is 1. The minimum Gasteiger partial charge on any atom is -0.374 e. The summed E-state index contributed by atoms with van der Waals surface area (Å²) in [5, 5.41) is 4.26. The smallest absolute Gasteiger partial charge is 0.0898 e. The molecular formula is C18H21N5O. The van der Waals surface area contributed by atoms with E-state index in [1.807, 2.05) is 48.1 Å². The van der Waals surface area contributed by atoms with Crippen LogP contribution in [-0.2, 0) is 17.8 Å². The van der Waals surface area contributed by atoms with Gasteiger partial charge in [0.25, 0.3) is 0 Å². The van der Waals surface area contributed by atoms with Gasteiger partial charge in [0.1, 0.15) is 0 Å². The van der Waals surface area contributed by atoms with Crippen LogP contribution in [0.4, 0.5) is 0 Å². The van der Waals surface area contributed by atoms with Gasteiger partial charge in [-0.3, -0.25) is 9.58 Å². The molecule has 1 atom stereocenters. The normalized spacial score (nSPS) is 19.0. The summed E-state index contributed by atoms with van der Waals surface area (Å²) in [5.74, 6) is 0. The van der Waals surface area contributed by atoms with Gasteiger partial charge in [-0.05, 0) is 25.1 Å². The largest absolute Gasteiger partial charge is 0.374 e. The average molecular weight is 323 g/mol. The van der Waals surface area contributed by atoms with Gasteiger partial charge in [-0.1, -0.05) is 12.1 Å². The van der Waals surface area contributed by atoms with E-state index in [2.05, 4.69) is 15.0 Å². The monoisotopic (exact) mass is 323 g/mol. The third-order valence-electron chi connectivity index (χ3n) is 4.39. The molecule has 0 N–H and O–H groups in total. The van der Waals surface area contributed by atoms with Crippen LogP contribution in [0.1, 0.15) is 11.4 Å². The molecule has 3 aromatic rings. The van der Waals surface area contributed by atoms with Crippen molar-refractivity contribution < 1.29 is 4.74 Å². The fourth-order valence-corrected chi connectivity index (χ4v) is 3.14. The molecule has 0 amide bonds. The number of benzene rings is 1. The molecule has 6 heteroatoms. The lowest BCUT2D eigenvalue weighted by atomic mass is 10.2. The topological polar surface area (TPSA) is 56.1 Å². The van der Waals surface area contributed by atoms with Crippen molar-refractivity contribution >= 4 is 11.0 Å². The molecule has 0 spiro atoms. The molecule has 2 aromatic heterocycles. The van der Waals surface area contributed by atoms with E-state index in [1.165, 1.54) is 0 Å². The van der Waals surface area contributed by atoms with E-state index in [4.69, 9.17) is 9.72 Å². The summed E-state index contributed by atoms with van der Waals surface area (Å²) in [7, 11) is 0. The first-order chi connectivity index (χ1) is 11.8. The van der Waals surface area contributed by atoms with Crippen molar-refractivity contribution in [3.05, 3.63) is 54.1 Å². The van der Waals surface area contributed by atoms with Crippen molar-refractivity contribution in [1.82, 2.24) is 24.6 Å². The summed E-state index contributed by atoms with van der Waals surface area (Å²) < 4.78 is 7.81. The second kappa shape index (κ2) is 6.67. The van der Waals surface area contributed by atoms with Crippen LogP contribution >= 0.6 is 0 Å². The Morgan fingerprint density at radius 3 is 2.79 bits per heavy atom. The van der Waals surface area contributed by atoms with E-state index in [1.54, 1.807) is 6.20 Å². The first kappa shape index (κ1) is 15.2. The highest BCUT2D eigenvalue weighted by Crippen LogP contribution is 2.16. The van der Waals surface area contributed by atoms with Crippen LogP contribution < -0.4 is 0 Å². The van der Waals surface area contributed by atoms with Gasteiger partial charge in [0, 0.05) is 32.0 Å². The van der Waals surface area contributed by atoms with E-state index in [0.29, 0.717) is 0 Å². The van der Waals surface area contributed by atoms with Crippen LogP contribution in [0, 0.1) is 6.92 Å². The number of aromatic nitrogens is 4. The molecule has 24 heavy (non-hydrogen) atoms. The number of nitrogens with zero attached hydrogens (tertiary/aromatic N) is 5. The van der Waals surface area contributed by atoms with Crippen LogP contribution in [0.25, 0.3) is 11.0 Å². The highest BCUT2D eigenvalue weighted by Gasteiger charge is 2.22. The molecule has 0 unspecified atom stereocenters. The SMILES string of the molecule is Cc1nc2ccccc2nc1CN1CCO[C@H](Cn2cccn2)C1. The standard InChI is InChI=1S/C18H21N5O/c1-14-18(21-17-6-3-2-5-16(17)20-14)13-22-9-10-24-15(11-22)12-23-8-4-7-19-23/h2-8,15H,9-13H2,1H3/t15-/m0/s1. The molecule has 0 saturated carbocycles. The molecule has 124 valence electrons. The molecule has 1 saturated heterocycles. The van der Waals surface area contributed by atoms with Gasteiger partial charge >= 0.3 is 0 Å². The zero-order chi connectivity index (χ0) is 16.4. The molecule has 1 fully saturated rings. The summed E-state index contributed by atoms with van der Waals surface area (Å²) >= 11 is 0. The number of hydrogen-bond donors (Lipinski definition) is 0. The quantitative estimate of drug-likeness (QED) is 0.735. The number of ether oxygens (including phenoxy) is 1. The first-order valence-corrected chi connectivity index (χ1v) is 8.31. The fourth-order valence-electron chi connectivity index (χ4n) is 3.14. The van der Waals surface area contributed by atoms with E-state index < -0.39 is 0 Å². The molecule has 1 aliphatic heterocycles. The van der Waals surface area contributed by atoms with Crippen LogP contribution in [0.5, 0.6) is 0 Å². The zero-order valence-electron chi connectivity index (χ0n) is 13.8. The van der Waals surface area contributed by atoms with Crippen molar-refractivity contribution in [1.29, 1.82) is 0 Å². The third-order valence-corrected chi connectivity index (χ3v) is 4.39. The zero-order valence-corrected chi connectivity index (χ0v) is 13.8. The molecule has 4 rings (SSSR count). The Morgan fingerprint density at radius 1 is 1.17 bits per heavy atom. The van der Waals surface area contributed by atoms with Crippen molar-refractivity contribution in [3.8, 4) is 0 Å². The summed E-state index contributed by atoms with van der Waals surface area (Å²) in [4.78, 5) is 11.9. The summed E-state index contributed by atoms with van der Waals surface area (Å²) in [6, 6.07) is 9.97. The summed E-state index contributed by atoms with van der Waals surface area (Å²) in [5.41, 5.74) is 3.97. The maximum atomic E-state index is 5.88. The van der Waals surface area contributed by atoms with Crippen LogP contribution in [0.15, 0.2) is 42.7 Å². The van der Waals surface area contributed by atoms with Crippen molar-refractivity contribution in [2.75, 3.05) is 19.7 Å². The highest BCUT2D eigenvalue weighted by molar-refractivity contribution is 5.74. The Bertz CT molecular complexity index is 817. The number of rotatable bonds is 4. The molecule has 0 bridgehead atoms. The van der Waals surface area contributed by atoms with Crippen molar-refractivity contribution in [2.45, 2.75) is 26.1 Å². The van der Waals surface area contributed by atoms with Gasteiger partial charge in [0.05, 0.1) is 41.7 Å². The van der Waals surface area contributed by atoms with Gasteiger partial charge in [0.2, 0.25) is 0 Å². The van der Waals surface area contributed by atoms with Gasteiger partial charge < -0.3 is 4.74 Å². The Morgan fingerprint density at radius 2 is 2.00 bits per heavy atom. The van der Waals surface area contributed by atoms with Gasteiger partial charge in [-0.2, -0.15) is 5.10 Å². The van der Waals surface area contributed by atoms with Gasteiger partial charge in [-0.15, -0.1) is 0 Å². The molecule has 0 radical (unpaired) electrons. The lowest BCUT2D eigenvalue weighted by Crippen LogP contribution is -2.44. The number of hydrogen-bond acceptors (Lipinski definition) is 5. The van der Waals surface area contributed by atoms with Crippen LogP contribution in [0.3, 0.4) is 0 Å². The predicted molar refractivity (Wildman–Crippen MR) is 91.5 cm³/mol. The highest BCUT2D eigenvalue weighted by atomic mass is 16.5. The molecule has 3 heterocycles. The Hall–Kier alpha value is -2.31. The molecule has 1 aromatic carbocycles. The average Bonchev–Trinajstić information content (AvgIpc) is 3.09. The lowest BCUT2D eigenvalue weighted by molar-refractivity contribution is -0.0406. The number of aryl methyl sites for hydroxylation is 1. The van der Waals surface area contributed by atoms with Crippen molar-refractivity contribution in [3.63, 3.8) is 0 Å². The molecular weight excluding hydrogens is 302 g/mol. The molecule has 6 nitrogen and oxygen atoms in total. The Kier molecular flexibility index (Phi) is 4.23. The molecule has 1 aliphatic rings. The predicted octanol–water partition coefficient (Wildman–Crippen LogP) is 2.04. The van der Waals surface area contributed by atoms with Gasteiger partial charge in [-0.25, -0.2) is 9.97 Å². The second-order valence-corrected chi connectivity index (χ2v) is 6.20. The lowest BCUT2D eigenvalue weighted by Gasteiger charge is -2.32. The van der Waals surface area contributed by atoms with E-state index in [0.717, 1.165) is 55.2 Å². The second-order valence-electron chi connectivity index (χ2n) is 6.20. The van der Waals surface area contributed by atoms with Gasteiger partial charge in [0.15, 0.2) is 0 Å². The Balaban J connectivity index is 1.47. The van der Waals surface area contributed by atoms with E-state index in [9.17, 15) is 0 Å². The van der Waals surface area contributed by atoms with Crippen LogP contribution in [-0.4, -0.2) is 50.4 Å². The Labute approximate surface area is 141 Å². The third kappa shape index (κ3) is 3.29. The number of morpholine rings is 1. The summed E-state index contributed by atoms with van der Waals surface area (Å²) in [6.07, 6.45) is 3.93. The maximum Gasteiger partial charge on any atom is 0.0898 e. The minimum absolute atomic E-state index is 0.160. The van der Waals surface area contributed by atoms with Crippen molar-refractivity contribution in [2.24, 2.45) is 0 Å².